The number of nitrogens with one attached hydrogen (secondary N) is 1. The summed E-state index contributed by atoms with van der Waals surface area (Å²) >= 11 is 0. The molecule has 1 aromatic rings. The van der Waals surface area contributed by atoms with Crippen LogP contribution in [0.3, 0.4) is 0 Å². The molecule has 1 aromatic carbocycles. The van der Waals surface area contributed by atoms with E-state index >= 15 is 0 Å². The molecule has 0 bridgehead atoms. The molecule has 1 N–H and O–H groups in total. The molecule has 0 heterocycles. The summed E-state index contributed by atoms with van der Waals surface area (Å²) in [5.74, 6) is -0.395. The van der Waals surface area contributed by atoms with E-state index in [4.69, 9.17) is 0 Å². The number of likely N-dealkylation sites (N-methyl/N-ethyl adjacent to an activating group) is 1. The number of nitrogens with zero attached hydrogens (tertiary/aromatic N) is 1. The second-order valence-corrected chi connectivity index (χ2v) is 7.20. The van der Waals surface area contributed by atoms with Crippen LogP contribution < -0.4 is 9.62 Å². The molecule has 0 aromatic heterocycles. The lowest BCUT2D eigenvalue weighted by Gasteiger charge is -2.28. The number of amides is 1. The van der Waals surface area contributed by atoms with Crippen LogP contribution in [0.1, 0.15) is 27.7 Å². The van der Waals surface area contributed by atoms with Gasteiger partial charge in [-0.2, -0.15) is 0 Å². The van der Waals surface area contributed by atoms with E-state index in [2.05, 4.69) is 4.72 Å². The Morgan fingerprint density at radius 3 is 2.19 bits per heavy atom. The first kappa shape index (κ1) is 17.7. The Morgan fingerprint density at radius 2 is 1.76 bits per heavy atom. The molecule has 0 fully saturated rings. The molecule has 0 aliphatic heterocycles. The monoisotopic (exact) mass is 312 g/mol. The highest BCUT2D eigenvalue weighted by Gasteiger charge is 2.30. The number of rotatable bonds is 7. The minimum atomic E-state index is -3.43. The van der Waals surface area contributed by atoms with Crippen molar-refractivity contribution in [3.05, 3.63) is 30.3 Å². The lowest BCUT2D eigenvalue weighted by atomic mass is 10.0. The Kier molecular flexibility index (Phi) is 6.36. The van der Waals surface area contributed by atoms with E-state index < -0.39 is 16.1 Å². The summed E-state index contributed by atoms with van der Waals surface area (Å²) in [5.41, 5.74) is 0.770. The molecule has 0 radical (unpaired) electrons. The lowest BCUT2D eigenvalue weighted by Crippen LogP contribution is -2.51. The average molecular weight is 312 g/mol. The van der Waals surface area contributed by atoms with Crippen LogP contribution in [-0.4, -0.2) is 32.7 Å². The molecule has 1 amide bonds. The zero-order valence-corrected chi connectivity index (χ0v) is 13.9. The van der Waals surface area contributed by atoms with Crippen molar-refractivity contribution < 1.29 is 13.2 Å². The molecule has 0 aliphatic carbocycles. The maximum Gasteiger partial charge on any atom is 0.245 e. The van der Waals surface area contributed by atoms with E-state index in [1.807, 2.05) is 51.1 Å². The van der Waals surface area contributed by atoms with Crippen LogP contribution >= 0.6 is 0 Å². The average Bonchev–Trinajstić information content (AvgIpc) is 2.46. The maximum atomic E-state index is 12.7. The Bertz CT molecular complexity index is 556. The molecule has 6 heteroatoms. The zero-order chi connectivity index (χ0) is 16.0. The van der Waals surface area contributed by atoms with Crippen LogP contribution in [-0.2, 0) is 14.8 Å². The Morgan fingerprint density at radius 1 is 1.19 bits per heavy atom. The van der Waals surface area contributed by atoms with Crippen molar-refractivity contribution in [2.75, 3.05) is 17.2 Å². The molecule has 0 saturated heterocycles. The first-order valence-electron chi connectivity index (χ1n) is 7.18. The van der Waals surface area contributed by atoms with Gasteiger partial charge in [-0.1, -0.05) is 32.0 Å². The van der Waals surface area contributed by atoms with Gasteiger partial charge in [0.1, 0.15) is 6.04 Å². The van der Waals surface area contributed by atoms with Crippen molar-refractivity contribution in [1.82, 2.24) is 4.72 Å². The molecule has 21 heavy (non-hydrogen) atoms. The minimum Gasteiger partial charge on any atom is -0.311 e. The van der Waals surface area contributed by atoms with E-state index in [1.165, 1.54) is 0 Å². The van der Waals surface area contributed by atoms with Crippen molar-refractivity contribution in [3.8, 4) is 0 Å². The topological polar surface area (TPSA) is 66.5 Å². The summed E-state index contributed by atoms with van der Waals surface area (Å²) in [5, 5.41) is 0. The summed E-state index contributed by atoms with van der Waals surface area (Å²) in [6, 6.07) is 8.51. The second-order valence-electron chi connectivity index (χ2n) is 5.16. The third-order valence-corrected chi connectivity index (χ3v) is 4.64. The van der Waals surface area contributed by atoms with E-state index in [9.17, 15) is 13.2 Å². The molecule has 1 rings (SSSR count). The molecule has 5 nitrogen and oxygen atoms in total. The third-order valence-electron chi connectivity index (χ3n) is 3.27. The Labute approximate surface area is 127 Å². The number of benzene rings is 1. The van der Waals surface area contributed by atoms with Crippen LogP contribution in [0.4, 0.5) is 5.69 Å². The largest absolute Gasteiger partial charge is 0.311 e. The van der Waals surface area contributed by atoms with Crippen LogP contribution in [0, 0.1) is 5.92 Å². The standard InChI is InChI=1S/C15H24N2O3S/c1-5-17(13-10-8-7-9-11-13)15(18)14(12(3)4)16-21(19,20)6-2/h7-12,14,16H,5-6H2,1-4H3. The van der Waals surface area contributed by atoms with Gasteiger partial charge >= 0.3 is 0 Å². The van der Waals surface area contributed by atoms with Crippen LogP contribution in [0.5, 0.6) is 0 Å². The molecule has 0 aliphatic rings. The molecule has 1 unspecified atom stereocenters. The molecular weight excluding hydrogens is 288 g/mol. The molecule has 0 spiro atoms. The number of hydrogen-bond acceptors (Lipinski definition) is 3. The smallest absolute Gasteiger partial charge is 0.245 e. The summed E-state index contributed by atoms with van der Waals surface area (Å²) in [4.78, 5) is 14.3. The summed E-state index contributed by atoms with van der Waals surface area (Å²) in [6.07, 6.45) is 0. The van der Waals surface area contributed by atoms with E-state index in [-0.39, 0.29) is 17.6 Å². The van der Waals surface area contributed by atoms with Crippen LogP contribution in [0.25, 0.3) is 0 Å². The quantitative estimate of drug-likeness (QED) is 0.837. The van der Waals surface area contributed by atoms with Gasteiger partial charge in [0.25, 0.3) is 0 Å². The highest BCUT2D eigenvalue weighted by atomic mass is 32.2. The summed E-state index contributed by atoms with van der Waals surface area (Å²) in [6.45, 7) is 7.58. The number of hydrogen-bond donors (Lipinski definition) is 1. The fourth-order valence-electron chi connectivity index (χ4n) is 1.99. The van der Waals surface area contributed by atoms with Gasteiger partial charge in [0.15, 0.2) is 0 Å². The molecule has 0 saturated carbocycles. The zero-order valence-electron chi connectivity index (χ0n) is 13.0. The highest BCUT2D eigenvalue weighted by Crippen LogP contribution is 2.17. The second kappa shape index (κ2) is 7.56. The van der Waals surface area contributed by atoms with Gasteiger partial charge < -0.3 is 4.90 Å². The van der Waals surface area contributed by atoms with Gasteiger partial charge in [0.2, 0.25) is 15.9 Å². The van der Waals surface area contributed by atoms with Gasteiger partial charge in [0.05, 0.1) is 5.75 Å². The fourth-order valence-corrected chi connectivity index (χ4v) is 2.92. The van der Waals surface area contributed by atoms with Gasteiger partial charge in [-0.3, -0.25) is 4.79 Å². The van der Waals surface area contributed by atoms with Crippen molar-refractivity contribution in [2.45, 2.75) is 33.7 Å². The Hall–Kier alpha value is -1.40. The number of anilines is 1. The summed E-state index contributed by atoms with van der Waals surface area (Å²) in [7, 11) is -3.43. The van der Waals surface area contributed by atoms with Gasteiger partial charge in [-0.25, -0.2) is 13.1 Å². The van der Waals surface area contributed by atoms with Crippen molar-refractivity contribution in [2.24, 2.45) is 5.92 Å². The predicted molar refractivity (Wildman–Crippen MR) is 85.7 cm³/mol. The van der Waals surface area contributed by atoms with Crippen molar-refractivity contribution >= 4 is 21.6 Å². The van der Waals surface area contributed by atoms with E-state index in [0.29, 0.717) is 6.54 Å². The van der Waals surface area contributed by atoms with Gasteiger partial charge in [-0.15, -0.1) is 0 Å². The maximum absolute atomic E-state index is 12.7. The number of carbonyl (C=O) groups is 1. The first-order valence-corrected chi connectivity index (χ1v) is 8.84. The van der Waals surface area contributed by atoms with Crippen LogP contribution in [0.2, 0.25) is 0 Å². The predicted octanol–water partition coefficient (Wildman–Crippen LogP) is 2.00. The van der Waals surface area contributed by atoms with Crippen LogP contribution in [0.15, 0.2) is 30.3 Å². The number of carbonyl (C=O) groups excluding carboxylic acids is 1. The lowest BCUT2D eigenvalue weighted by molar-refractivity contribution is -0.121. The Balaban J connectivity index is 3.04. The molecule has 1 atom stereocenters. The number of sulfonamides is 1. The highest BCUT2D eigenvalue weighted by molar-refractivity contribution is 7.89. The summed E-state index contributed by atoms with van der Waals surface area (Å²) < 4.78 is 26.1. The van der Waals surface area contributed by atoms with E-state index in [1.54, 1.807) is 11.8 Å². The number of para-hydroxylation sites is 1. The third kappa shape index (κ3) is 4.82. The minimum absolute atomic E-state index is 0.0407. The normalized spacial score (nSPS) is 13.2. The fraction of sp³-hybridized carbons (Fsp3) is 0.533. The van der Waals surface area contributed by atoms with Crippen molar-refractivity contribution in [3.63, 3.8) is 0 Å². The van der Waals surface area contributed by atoms with Gasteiger partial charge in [-0.05, 0) is 31.9 Å². The molecular formula is C15H24N2O3S. The van der Waals surface area contributed by atoms with E-state index in [0.717, 1.165) is 5.69 Å². The first-order chi connectivity index (χ1) is 9.82. The molecule has 118 valence electrons. The van der Waals surface area contributed by atoms with Crippen molar-refractivity contribution in [1.29, 1.82) is 0 Å². The van der Waals surface area contributed by atoms with Gasteiger partial charge in [0, 0.05) is 12.2 Å². The SMILES string of the molecule is CCN(C(=O)C(NS(=O)(=O)CC)C(C)C)c1ccccc1.